The van der Waals surface area contributed by atoms with E-state index in [2.05, 4.69) is 41.5 Å². The number of hydrogen-bond donors (Lipinski definition) is 1. The van der Waals surface area contributed by atoms with Gasteiger partial charge in [-0.25, -0.2) is 0 Å². The zero-order valence-electron chi connectivity index (χ0n) is 17.3. The number of carbonyl (C=O) groups is 2. The predicted octanol–water partition coefficient (Wildman–Crippen LogP) is 4.63. The molecule has 1 saturated heterocycles. The Labute approximate surface area is 180 Å². The highest BCUT2D eigenvalue weighted by molar-refractivity contribution is 7.18. The van der Waals surface area contributed by atoms with Crippen LogP contribution in [0.4, 0.5) is 10.8 Å². The third-order valence-electron chi connectivity index (χ3n) is 5.32. The van der Waals surface area contributed by atoms with Gasteiger partial charge in [-0.1, -0.05) is 67.1 Å². The molecule has 30 heavy (non-hydrogen) atoms. The molecule has 0 radical (unpaired) electrons. The first-order chi connectivity index (χ1) is 14.4. The largest absolute Gasteiger partial charge is 0.312 e. The van der Waals surface area contributed by atoms with Crippen molar-refractivity contribution in [2.24, 2.45) is 5.92 Å². The maximum atomic E-state index is 12.7. The number of benzene rings is 2. The summed E-state index contributed by atoms with van der Waals surface area (Å²) in [5.41, 5.74) is 4.19. The Morgan fingerprint density at radius 3 is 2.47 bits per heavy atom. The lowest BCUT2D eigenvalue weighted by Crippen LogP contribution is -2.28. The van der Waals surface area contributed by atoms with E-state index in [-0.39, 0.29) is 18.2 Å². The molecule has 1 atom stereocenters. The number of carbonyl (C=O) groups excluding carboxylic acids is 2. The number of hydrogen-bond acceptors (Lipinski definition) is 5. The summed E-state index contributed by atoms with van der Waals surface area (Å²) in [6.07, 6.45) is 0.196. The molecule has 1 unspecified atom stereocenters. The van der Waals surface area contributed by atoms with Gasteiger partial charge < -0.3 is 10.2 Å². The fourth-order valence-electron chi connectivity index (χ4n) is 3.47. The van der Waals surface area contributed by atoms with Gasteiger partial charge in [0.15, 0.2) is 0 Å². The molecular weight excluding hydrogens is 396 g/mol. The molecule has 1 aliphatic heterocycles. The molecule has 3 aromatic rings. The minimum Gasteiger partial charge on any atom is -0.312 e. The molecule has 6 nitrogen and oxygen atoms in total. The minimum absolute atomic E-state index is 0.0396. The van der Waals surface area contributed by atoms with E-state index in [1.165, 1.54) is 16.9 Å². The van der Waals surface area contributed by atoms with Crippen LogP contribution in [0.3, 0.4) is 0 Å². The van der Waals surface area contributed by atoms with Crippen LogP contribution in [-0.2, 0) is 9.59 Å². The van der Waals surface area contributed by atoms with Crippen molar-refractivity contribution in [2.75, 3.05) is 16.8 Å². The number of nitrogens with one attached hydrogen (secondary N) is 1. The van der Waals surface area contributed by atoms with Crippen LogP contribution in [0.1, 0.15) is 37.3 Å². The average Bonchev–Trinajstić information content (AvgIpc) is 3.35. The number of nitrogens with zero attached hydrogens (tertiary/aromatic N) is 3. The van der Waals surface area contributed by atoms with E-state index in [0.29, 0.717) is 17.6 Å². The number of rotatable bonds is 5. The molecular formula is C23H24N4O2S. The van der Waals surface area contributed by atoms with Gasteiger partial charge in [0.1, 0.15) is 5.01 Å². The summed E-state index contributed by atoms with van der Waals surface area (Å²) in [6.45, 7) is 6.68. The molecule has 1 aromatic heterocycles. The molecule has 0 saturated carbocycles. The Morgan fingerprint density at radius 1 is 1.10 bits per heavy atom. The van der Waals surface area contributed by atoms with Gasteiger partial charge in [-0.15, -0.1) is 10.2 Å². The molecule has 4 rings (SSSR count). The van der Waals surface area contributed by atoms with Crippen LogP contribution in [0.5, 0.6) is 0 Å². The van der Waals surface area contributed by atoms with E-state index in [0.717, 1.165) is 21.8 Å². The van der Waals surface area contributed by atoms with Crippen LogP contribution in [0.25, 0.3) is 10.6 Å². The molecule has 7 heteroatoms. The molecule has 0 aliphatic carbocycles. The van der Waals surface area contributed by atoms with Crippen LogP contribution < -0.4 is 10.2 Å². The SMILES string of the molecule is Cc1ccc(N2CC(C(=O)Nc3nnc(-c4ccc(C(C)C)cc4)s3)CC2=O)cc1. The maximum absolute atomic E-state index is 12.7. The van der Waals surface area contributed by atoms with Crippen molar-refractivity contribution >= 4 is 34.0 Å². The van der Waals surface area contributed by atoms with Crippen LogP contribution in [0.2, 0.25) is 0 Å². The molecule has 0 bridgehead atoms. The molecule has 0 spiro atoms. The highest BCUT2D eigenvalue weighted by Crippen LogP contribution is 2.30. The summed E-state index contributed by atoms with van der Waals surface area (Å²) in [4.78, 5) is 26.8. The van der Waals surface area contributed by atoms with Crippen LogP contribution in [0, 0.1) is 12.8 Å². The van der Waals surface area contributed by atoms with Gasteiger partial charge in [0, 0.05) is 24.2 Å². The smallest absolute Gasteiger partial charge is 0.231 e. The summed E-state index contributed by atoms with van der Waals surface area (Å²) in [6, 6.07) is 16.0. The lowest BCUT2D eigenvalue weighted by atomic mass is 10.0. The highest BCUT2D eigenvalue weighted by Gasteiger charge is 2.35. The zero-order chi connectivity index (χ0) is 21.3. The second kappa shape index (κ2) is 8.36. The number of anilines is 2. The maximum Gasteiger partial charge on any atom is 0.231 e. The van der Waals surface area contributed by atoms with E-state index in [9.17, 15) is 9.59 Å². The lowest BCUT2D eigenvalue weighted by molar-refractivity contribution is -0.122. The van der Waals surface area contributed by atoms with Crippen molar-refractivity contribution < 1.29 is 9.59 Å². The van der Waals surface area contributed by atoms with Crippen molar-refractivity contribution in [2.45, 2.75) is 33.1 Å². The quantitative estimate of drug-likeness (QED) is 0.653. The average molecular weight is 421 g/mol. The molecule has 2 amide bonds. The van der Waals surface area contributed by atoms with E-state index < -0.39 is 5.92 Å². The van der Waals surface area contributed by atoms with Crippen LogP contribution >= 0.6 is 11.3 Å². The van der Waals surface area contributed by atoms with Gasteiger partial charge >= 0.3 is 0 Å². The van der Waals surface area contributed by atoms with E-state index in [1.54, 1.807) is 4.90 Å². The van der Waals surface area contributed by atoms with E-state index >= 15 is 0 Å². The summed E-state index contributed by atoms with van der Waals surface area (Å²) >= 11 is 1.33. The van der Waals surface area contributed by atoms with Crippen molar-refractivity contribution in [3.05, 3.63) is 59.7 Å². The first-order valence-corrected chi connectivity index (χ1v) is 10.8. The second-order valence-electron chi connectivity index (χ2n) is 7.92. The topological polar surface area (TPSA) is 75.2 Å². The molecule has 1 fully saturated rings. The van der Waals surface area contributed by atoms with Crippen molar-refractivity contribution in [3.63, 3.8) is 0 Å². The summed E-state index contributed by atoms with van der Waals surface area (Å²) in [7, 11) is 0. The number of amides is 2. The van der Waals surface area contributed by atoms with Crippen LogP contribution in [0.15, 0.2) is 48.5 Å². The summed E-state index contributed by atoms with van der Waals surface area (Å²) < 4.78 is 0. The Hall–Kier alpha value is -3.06. The summed E-state index contributed by atoms with van der Waals surface area (Å²) in [5, 5.41) is 12.3. The molecule has 154 valence electrons. The molecule has 2 heterocycles. The first kappa shape index (κ1) is 20.2. The van der Waals surface area contributed by atoms with Gasteiger partial charge in [-0.05, 0) is 30.5 Å². The van der Waals surface area contributed by atoms with Crippen LogP contribution in [-0.4, -0.2) is 28.6 Å². The molecule has 2 aromatic carbocycles. The van der Waals surface area contributed by atoms with Crippen molar-refractivity contribution in [1.82, 2.24) is 10.2 Å². The third-order valence-corrected chi connectivity index (χ3v) is 6.21. The predicted molar refractivity (Wildman–Crippen MR) is 120 cm³/mol. The first-order valence-electron chi connectivity index (χ1n) is 10.0. The van der Waals surface area contributed by atoms with Crippen molar-refractivity contribution in [3.8, 4) is 10.6 Å². The number of aromatic nitrogens is 2. The molecule has 1 aliphatic rings. The monoisotopic (exact) mass is 420 g/mol. The van der Waals surface area contributed by atoms with Gasteiger partial charge in [-0.3, -0.25) is 9.59 Å². The van der Waals surface area contributed by atoms with Gasteiger partial charge in [0.25, 0.3) is 0 Å². The molecule has 1 N–H and O–H groups in total. The normalized spacial score (nSPS) is 16.3. The summed E-state index contributed by atoms with van der Waals surface area (Å²) in [5.74, 6) is -0.175. The Morgan fingerprint density at radius 2 is 1.80 bits per heavy atom. The Balaban J connectivity index is 1.41. The standard InChI is InChI=1S/C23H24N4O2S/c1-14(2)16-6-8-17(9-7-16)22-25-26-23(30-22)24-21(29)18-12-20(28)27(13-18)19-10-4-15(3)5-11-19/h4-11,14,18H,12-13H2,1-3H3,(H,24,26,29). The second-order valence-corrected chi connectivity index (χ2v) is 8.90. The van der Waals surface area contributed by atoms with Gasteiger partial charge in [0.05, 0.1) is 5.92 Å². The Bertz CT molecular complexity index is 1060. The van der Waals surface area contributed by atoms with Gasteiger partial charge in [-0.2, -0.15) is 0 Å². The van der Waals surface area contributed by atoms with Crippen molar-refractivity contribution in [1.29, 1.82) is 0 Å². The zero-order valence-corrected chi connectivity index (χ0v) is 18.1. The fourth-order valence-corrected chi connectivity index (χ4v) is 4.22. The number of aryl methyl sites for hydroxylation is 1. The Kier molecular flexibility index (Phi) is 5.63. The highest BCUT2D eigenvalue weighted by atomic mass is 32.1. The van der Waals surface area contributed by atoms with Gasteiger partial charge in [0.2, 0.25) is 16.9 Å². The lowest BCUT2D eigenvalue weighted by Gasteiger charge is -2.16. The van der Waals surface area contributed by atoms with E-state index in [4.69, 9.17) is 0 Å². The van der Waals surface area contributed by atoms with E-state index in [1.807, 2.05) is 43.3 Å². The fraction of sp³-hybridized carbons (Fsp3) is 0.304. The third kappa shape index (κ3) is 4.26. The minimum atomic E-state index is -0.406.